The zero-order valence-corrected chi connectivity index (χ0v) is 12.7. The number of para-hydroxylation sites is 2. The lowest BCUT2D eigenvalue weighted by Crippen LogP contribution is -2.42. The smallest absolute Gasteiger partial charge is 0.258 e. The fourth-order valence-corrected chi connectivity index (χ4v) is 2.06. The number of rotatable bonds is 1. The van der Waals surface area contributed by atoms with Gasteiger partial charge >= 0.3 is 0 Å². The van der Waals surface area contributed by atoms with Gasteiger partial charge in [0.1, 0.15) is 6.54 Å². The second kappa shape index (κ2) is 7.36. The molecule has 0 saturated heterocycles. The van der Waals surface area contributed by atoms with E-state index < -0.39 is 0 Å². The van der Waals surface area contributed by atoms with Crippen LogP contribution in [0.25, 0.3) is 0 Å². The molecule has 1 aromatic carbocycles. The van der Waals surface area contributed by atoms with Gasteiger partial charge in [-0.25, -0.2) is 0 Å². The lowest BCUT2D eigenvalue weighted by atomic mass is 10.1. The van der Waals surface area contributed by atoms with Gasteiger partial charge in [0.05, 0.1) is 11.4 Å². The Hall–Kier alpha value is -2.69. The molecule has 1 aromatic heterocycles. The number of aromatic nitrogens is 1. The maximum Gasteiger partial charge on any atom is 0.258 e. The SMILES string of the molecule is CCC.O=C1CN(C(=O)c2ccncc2)c2ccccc2N1. The van der Waals surface area contributed by atoms with Crippen LogP contribution in [0.3, 0.4) is 0 Å². The van der Waals surface area contributed by atoms with Crippen molar-refractivity contribution in [3.63, 3.8) is 0 Å². The first kappa shape index (κ1) is 15.7. The van der Waals surface area contributed by atoms with E-state index in [4.69, 9.17) is 0 Å². The summed E-state index contributed by atoms with van der Waals surface area (Å²) in [6.07, 6.45) is 4.37. The van der Waals surface area contributed by atoms with Crippen molar-refractivity contribution in [1.29, 1.82) is 0 Å². The minimum absolute atomic E-state index is 0.0260. The van der Waals surface area contributed by atoms with Crippen molar-refractivity contribution in [2.45, 2.75) is 20.3 Å². The van der Waals surface area contributed by atoms with Gasteiger partial charge < -0.3 is 5.32 Å². The van der Waals surface area contributed by atoms with E-state index in [9.17, 15) is 9.59 Å². The van der Waals surface area contributed by atoms with E-state index in [0.717, 1.165) is 0 Å². The van der Waals surface area contributed by atoms with Crippen LogP contribution in [-0.4, -0.2) is 23.3 Å². The van der Waals surface area contributed by atoms with Gasteiger partial charge in [-0.3, -0.25) is 19.5 Å². The predicted octanol–water partition coefficient (Wildman–Crippen LogP) is 3.10. The Balaban J connectivity index is 0.000000545. The molecule has 0 unspecified atom stereocenters. The number of amides is 2. The highest BCUT2D eigenvalue weighted by Crippen LogP contribution is 2.29. The topological polar surface area (TPSA) is 62.3 Å². The van der Waals surface area contributed by atoms with Gasteiger partial charge in [0.2, 0.25) is 5.91 Å². The van der Waals surface area contributed by atoms with Crippen molar-refractivity contribution < 1.29 is 9.59 Å². The number of carbonyl (C=O) groups excluding carboxylic acids is 2. The van der Waals surface area contributed by atoms with Crippen LogP contribution in [0.4, 0.5) is 11.4 Å². The average molecular weight is 297 g/mol. The van der Waals surface area contributed by atoms with Crippen molar-refractivity contribution >= 4 is 23.2 Å². The first-order chi connectivity index (χ1) is 10.7. The van der Waals surface area contributed by atoms with Gasteiger partial charge in [0.15, 0.2) is 0 Å². The van der Waals surface area contributed by atoms with E-state index in [0.29, 0.717) is 16.9 Å². The van der Waals surface area contributed by atoms with Crippen LogP contribution in [0, 0.1) is 0 Å². The Kier molecular flexibility index (Phi) is 5.25. The summed E-state index contributed by atoms with van der Waals surface area (Å²) in [4.78, 5) is 29.4. The molecule has 0 aliphatic carbocycles. The Labute approximate surface area is 130 Å². The van der Waals surface area contributed by atoms with E-state index in [1.165, 1.54) is 11.3 Å². The van der Waals surface area contributed by atoms with Crippen LogP contribution in [0.15, 0.2) is 48.8 Å². The second-order valence-electron chi connectivity index (χ2n) is 4.90. The Morgan fingerprint density at radius 2 is 1.82 bits per heavy atom. The molecule has 0 fully saturated rings. The zero-order valence-electron chi connectivity index (χ0n) is 12.7. The molecule has 2 aromatic rings. The Morgan fingerprint density at radius 3 is 2.50 bits per heavy atom. The lowest BCUT2D eigenvalue weighted by molar-refractivity contribution is -0.115. The highest BCUT2D eigenvalue weighted by molar-refractivity contribution is 6.15. The summed E-state index contributed by atoms with van der Waals surface area (Å²) in [5, 5.41) is 2.75. The number of carbonyl (C=O) groups is 2. The molecular weight excluding hydrogens is 278 g/mol. The molecule has 5 nitrogen and oxygen atoms in total. The Bertz CT molecular complexity index is 656. The van der Waals surface area contributed by atoms with Gasteiger partial charge in [-0.2, -0.15) is 0 Å². The number of hydrogen-bond acceptors (Lipinski definition) is 3. The van der Waals surface area contributed by atoms with Crippen LogP contribution >= 0.6 is 0 Å². The number of hydrogen-bond donors (Lipinski definition) is 1. The molecule has 1 aliphatic heterocycles. The molecule has 0 atom stereocenters. The molecule has 0 saturated carbocycles. The van der Waals surface area contributed by atoms with E-state index in [2.05, 4.69) is 24.1 Å². The molecule has 0 radical (unpaired) electrons. The molecular formula is C17H19N3O2. The summed E-state index contributed by atoms with van der Waals surface area (Å²) in [6.45, 7) is 4.28. The largest absolute Gasteiger partial charge is 0.323 e. The maximum absolute atomic E-state index is 12.4. The van der Waals surface area contributed by atoms with Gasteiger partial charge in [-0.15, -0.1) is 0 Å². The first-order valence-electron chi connectivity index (χ1n) is 7.28. The summed E-state index contributed by atoms with van der Waals surface area (Å²) < 4.78 is 0. The Morgan fingerprint density at radius 1 is 1.18 bits per heavy atom. The number of nitrogens with one attached hydrogen (secondary N) is 1. The van der Waals surface area contributed by atoms with Crippen LogP contribution in [0.2, 0.25) is 0 Å². The quantitative estimate of drug-likeness (QED) is 0.879. The molecule has 2 heterocycles. The fraction of sp³-hybridized carbons (Fsp3) is 0.235. The second-order valence-corrected chi connectivity index (χ2v) is 4.90. The number of nitrogens with zero attached hydrogens (tertiary/aromatic N) is 2. The standard InChI is InChI=1S/C14H11N3O2.C3H8/c18-13-9-17(12-4-2-1-3-11(12)16-13)14(19)10-5-7-15-8-6-10;1-3-2/h1-8H,9H2,(H,16,18);3H2,1-2H3. The van der Waals surface area contributed by atoms with E-state index in [1.54, 1.807) is 30.6 Å². The van der Waals surface area contributed by atoms with Gasteiger partial charge in [0.25, 0.3) is 5.91 Å². The molecule has 22 heavy (non-hydrogen) atoms. The third-order valence-electron chi connectivity index (χ3n) is 2.94. The maximum atomic E-state index is 12.4. The van der Waals surface area contributed by atoms with Crippen LogP contribution < -0.4 is 10.2 Å². The first-order valence-corrected chi connectivity index (χ1v) is 7.28. The molecule has 114 valence electrons. The highest BCUT2D eigenvalue weighted by atomic mass is 16.2. The summed E-state index contributed by atoms with van der Waals surface area (Å²) in [6, 6.07) is 10.5. The van der Waals surface area contributed by atoms with Crippen molar-refractivity contribution in [3.05, 3.63) is 54.4 Å². The van der Waals surface area contributed by atoms with E-state index in [1.807, 2.05) is 18.2 Å². The summed E-state index contributed by atoms with van der Waals surface area (Å²) in [7, 11) is 0. The monoisotopic (exact) mass is 297 g/mol. The third kappa shape index (κ3) is 3.49. The summed E-state index contributed by atoms with van der Waals surface area (Å²) in [5.74, 6) is -0.397. The van der Waals surface area contributed by atoms with Gasteiger partial charge in [-0.05, 0) is 24.3 Å². The van der Waals surface area contributed by atoms with Gasteiger partial charge in [-0.1, -0.05) is 32.4 Å². The van der Waals surface area contributed by atoms with E-state index >= 15 is 0 Å². The minimum Gasteiger partial charge on any atom is -0.323 e. The average Bonchev–Trinajstić information content (AvgIpc) is 2.55. The lowest BCUT2D eigenvalue weighted by Gasteiger charge is -2.29. The van der Waals surface area contributed by atoms with Gasteiger partial charge in [0, 0.05) is 18.0 Å². The summed E-state index contributed by atoms with van der Waals surface area (Å²) >= 11 is 0. The molecule has 2 amide bonds. The van der Waals surface area contributed by atoms with Crippen molar-refractivity contribution in [3.8, 4) is 0 Å². The minimum atomic E-state index is -0.204. The molecule has 5 heteroatoms. The summed E-state index contributed by atoms with van der Waals surface area (Å²) in [5.41, 5.74) is 1.88. The number of benzene rings is 1. The van der Waals surface area contributed by atoms with Crippen molar-refractivity contribution in [2.24, 2.45) is 0 Å². The molecule has 1 aliphatic rings. The number of anilines is 2. The highest BCUT2D eigenvalue weighted by Gasteiger charge is 2.27. The number of pyridine rings is 1. The van der Waals surface area contributed by atoms with Crippen LogP contribution in [0.1, 0.15) is 30.6 Å². The normalized spacial score (nSPS) is 12.6. The van der Waals surface area contributed by atoms with Crippen molar-refractivity contribution in [1.82, 2.24) is 4.98 Å². The predicted molar refractivity (Wildman–Crippen MR) is 87.0 cm³/mol. The third-order valence-corrected chi connectivity index (χ3v) is 2.94. The van der Waals surface area contributed by atoms with Crippen molar-refractivity contribution in [2.75, 3.05) is 16.8 Å². The molecule has 0 spiro atoms. The molecule has 0 bridgehead atoms. The molecule has 3 rings (SSSR count). The van der Waals surface area contributed by atoms with Crippen LogP contribution in [-0.2, 0) is 4.79 Å². The number of fused-ring (bicyclic) bond motifs is 1. The fourth-order valence-electron chi connectivity index (χ4n) is 2.06. The van der Waals surface area contributed by atoms with E-state index in [-0.39, 0.29) is 18.4 Å². The molecule has 1 N–H and O–H groups in total. The van der Waals surface area contributed by atoms with Crippen LogP contribution in [0.5, 0.6) is 0 Å². The zero-order chi connectivity index (χ0) is 15.9.